The van der Waals surface area contributed by atoms with E-state index in [-0.39, 0.29) is 36.3 Å². The lowest BCUT2D eigenvalue weighted by Crippen LogP contribution is -2.43. The highest BCUT2D eigenvalue weighted by Gasteiger charge is 2.46. The number of rotatable bonds is 5. The van der Waals surface area contributed by atoms with Crippen LogP contribution in [0.15, 0.2) is 0 Å². The zero-order valence-electron chi connectivity index (χ0n) is 12.6. The smallest absolute Gasteiger partial charge is 0.214 e. The van der Waals surface area contributed by atoms with Gasteiger partial charge >= 0.3 is 0 Å². The lowest BCUT2D eigenvalue weighted by Gasteiger charge is -2.27. The monoisotopic (exact) mass is 307 g/mol. The molecule has 4 atom stereocenters. The largest absolute Gasteiger partial charge is 0.376 e. The van der Waals surface area contributed by atoms with Crippen LogP contribution in [-0.2, 0) is 24.2 Å². The molecule has 0 spiro atoms. The molecule has 20 heavy (non-hydrogen) atoms. The van der Waals surface area contributed by atoms with Gasteiger partial charge in [0.2, 0.25) is 10.0 Å². The van der Waals surface area contributed by atoms with Gasteiger partial charge < -0.3 is 14.2 Å². The van der Waals surface area contributed by atoms with E-state index in [1.807, 2.05) is 20.8 Å². The van der Waals surface area contributed by atoms with Crippen LogP contribution in [0.3, 0.4) is 0 Å². The van der Waals surface area contributed by atoms with Crippen molar-refractivity contribution in [2.75, 3.05) is 26.0 Å². The fraction of sp³-hybridized carbons (Fsp3) is 1.00. The first kappa shape index (κ1) is 16.2. The molecule has 2 fully saturated rings. The second kappa shape index (κ2) is 6.27. The zero-order chi connectivity index (χ0) is 14.9. The molecule has 2 heterocycles. The summed E-state index contributed by atoms with van der Waals surface area (Å²) >= 11 is 0. The fourth-order valence-electron chi connectivity index (χ4n) is 2.96. The van der Waals surface area contributed by atoms with Crippen LogP contribution in [0.1, 0.15) is 27.2 Å². The molecule has 0 saturated carbocycles. The molecule has 0 N–H and O–H groups in total. The molecule has 0 unspecified atom stereocenters. The Bertz CT molecular complexity index is 424. The second-order valence-electron chi connectivity index (χ2n) is 5.76. The van der Waals surface area contributed by atoms with E-state index in [9.17, 15) is 8.42 Å². The van der Waals surface area contributed by atoms with Crippen LogP contribution in [0.4, 0.5) is 0 Å². The SMILES string of the molecule is CO[C@@H]1[C@H](OC(C)C)[C@@H](CN2CCCS2(=O)=O)O[C@H]1C. The molecule has 0 radical (unpaired) electrons. The summed E-state index contributed by atoms with van der Waals surface area (Å²) in [5.74, 6) is 0.235. The molecule has 0 aliphatic carbocycles. The Morgan fingerprint density at radius 2 is 2.05 bits per heavy atom. The number of nitrogens with zero attached hydrogens (tertiary/aromatic N) is 1. The van der Waals surface area contributed by atoms with Gasteiger partial charge in [-0.3, -0.25) is 0 Å². The van der Waals surface area contributed by atoms with E-state index in [4.69, 9.17) is 14.2 Å². The number of ether oxygens (including phenoxy) is 3. The van der Waals surface area contributed by atoms with Crippen molar-refractivity contribution in [2.24, 2.45) is 0 Å². The lowest BCUT2D eigenvalue weighted by molar-refractivity contribution is -0.0773. The highest BCUT2D eigenvalue weighted by Crippen LogP contribution is 2.29. The molecule has 0 amide bonds. The first-order valence-corrected chi connectivity index (χ1v) is 8.77. The van der Waals surface area contributed by atoms with Gasteiger partial charge in [0.1, 0.15) is 18.3 Å². The number of hydrogen-bond donors (Lipinski definition) is 0. The summed E-state index contributed by atoms with van der Waals surface area (Å²) in [6.07, 6.45) is -0.0272. The maximum atomic E-state index is 11.9. The normalized spacial score (nSPS) is 37.9. The van der Waals surface area contributed by atoms with Gasteiger partial charge in [0.05, 0.1) is 18.0 Å². The molecule has 0 aromatic carbocycles. The van der Waals surface area contributed by atoms with Crippen LogP contribution in [0.5, 0.6) is 0 Å². The molecule has 7 heteroatoms. The average molecular weight is 307 g/mol. The van der Waals surface area contributed by atoms with Crippen LogP contribution in [0, 0.1) is 0 Å². The Balaban J connectivity index is 2.08. The molecule has 6 nitrogen and oxygen atoms in total. The lowest BCUT2D eigenvalue weighted by atomic mass is 10.1. The quantitative estimate of drug-likeness (QED) is 0.745. The van der Waals surface area contributed by atoms with Gasteiger partial charge in [-0.25, -0.2) is 8.42 Å². The highest BCUT2D eigenvalue weighted by atomic mass is 32.2. The number of hydrogen-bond acceptors (Lipinski definition) is 5. The maximum absolute atomic E-state index is 11.9. The summed E-state index contributed by atoms with van der Waals surface area (Å²) in [6.45, 7) is 6.77. The Kier molecular flexibility index (Phi) is 5.07. The Morgan fingerprint density at radius 1 is 1.35 bits per heavy atom. The third-order valence-corrected chi connectivity index (χ3v) is 5.75. The predicted octanol–water partition coefficient (Wildman–Crippen LogP) is 0.618. The third kappa shape index (κ3) is 3.33. The molecule has 2 aliphatic rings. The van der Waals surface area contributed by atoms with Crippen molar-refractivity contribution in [3.63, 3.8) is 0 Å². The van der Waals surface area contributed by atoms with E-state index in [0.717, 1.165) is 0 Å². The standard InChI is InChI=1S/C13H25NO5S/c1-9(2)18-13-11(19-10(3)12(13)17-4)8-14-6-5-7-20(14,15)16/h9-13H,5-8H2,1-4H3/t10-,11+,12-,13+/m0/s1. The van der Waals surface area contributed by atoms with E-state index < -0.39 is 10.0 Å². The number of methoxy groups -OCH3 is 1. The van der Waals surface area contributed by atoms with E-state index >= 15 is 0 Å². The van der Waals surface area contributed by atoms with Crippen LogP contribution in [0.2, 0.25) is 0 Å². The second-order valence-corrected chi connectivity index (χ2v) is 7.85. The molecule has 2 rings (SSSR count). The van der Waals surface area contributed by atoms with E-state index in [2.05, 4.69) is 0 Å². The molecular formula is C13H25NO5S. The van der Waals surface area contributed by atoms with Gasteiger partial charge in [-0.05, 0) is 27.2 Å². The van der Waals surface area contributed by atoms with Crippen molar-refractivity contribution in [2.45, 2.75) is 57.7 Å². The van der Waals surface area contributed by atoms with Gasteiger partial charge in [0.15, 0.2) is 0 Å². The molecular weight excluding hydrogens is 282 g/mol. The summed E-state index contributed by atoms with van der Waals surface area (Å²) in [5, 5.41) is 0. The molecule has 0 bridgehead atoms. The Labute approximate surface area is 121 Å². The minimum absolute atomic E-state index is 0.0456. The first-order valence-electron chi connectivity index (χ1n) is 7.16. The maximum Gasteiger partial charge on any atom is 0.214 e. The Hall–Kier alpha value is -0.210. The summed E-state index contributed by atoms with van der Waals surface area (Å²) in [4.78, 5) is 0. The molecule has 2 saturated heterocycles. The predicted molar refractivity (Wildman–Crippen MR) is 75.1 cm³/mol. The van der Waals surface area contributed by atoms with Crippen molar-refractivity contribution in [1.82, 2.24) is 4.31 Å². The van der Waals surface area contributed by atoms with Crippen LogP contribution >= 0.6 is 0 Å². The summed E-state index contributed by atoms with van der Waals surface area (Å²) < 4.78 is 42.6. The highest BCUT2D eigenvalue weighted by molar-refractivity contribution is 7.89. The van der Waals surface area contributed by atoms with E-state index in [1.165, 1.54) is 4.31 Å². The minimum Gasteiger partial charge on any atom is -0.376 e. The first-order chi connectivity index (χ1) is 9.35. The van der Waals surface area contributed by atoms with Crippen molar-refractivity contribution in [3.05, 3.63) is 0 Å². The topological polar surface area (TPSA) is 65.1 Å². The molecule has 0 aromatic heterocycles. The third-order valence-electron chi connectivity index (χ3n) is 3.83. The van der Waals surface area contributed by atoms with Gasteiger partial charge in [-0.15, -0.1) is 0 Å². The molecule has 118 valence electrons. The van der Waals surface area contributed by atoms with Crippen molar-refractivity contribution in [3.8, 4) is 0 Å². The average Bonchev–Trinajstić information content (AvgIpc) is 2.80. The van der Waals surface area contributed by atoms with Gasteiger partial charge in [-0.2, -0.15) is 4.31 Å². The zero-order valence-corrected chi connectivity index (χ0v) is 13.4. The molecule has 0 aromatic rings. The van der Waals surface area contributed by atoms with Crippen molar-refractivity contribution < 1.29 is 22.6 Å². The Morgan fingerprint density at radius 3 is 2.55 bits per heavy atom. The van der Waals surface area contributed by atoms with Gasteiger partial charge in [-0.1, -0.05) is 0 Å². The van der Waals surface area contributed by atoms with Gasteiger partial charge in [0.25, 0.3) is 0 Å². The van der Waals surface area contributed by atoms with Crippen molar-refractivity contribution in [1.29, 1.82) is 0 Å². The summed E-state index contributed by atoms with van der Waals surface area (Å²) in [7, 11) is -1.48. The summed E-state index contributed by atoms with van der Waals surface area (Å²) in [5.41, 5.74) is 0. The summed E-state index contributed by atoms with van der Waals surface area (Å²) in [6, 6.07) is 0. The van der Waals surface area contributed by atoms with Crippen molar-refractivity contribution >= 4 is 10.0 Å². The minimum atomic E-state index is -3.11. The van der Waals surface area contributed by atoms with Crippen LogP contribution < -0.4 is 0 Å². The van der Waals surface area contributed by atoms with E-state index in [0.29, 0.717) is 19.5 Å². The molecule has 2 aliphatic heterocycles. The van der Waals surface area contributed by atoms with Crippen LogP contribution in [0.25, 0.3) is 0 Å². The fourth-order valence-corrected chi connectivity index (χ4v) is 4.49. The number of sulfonamides is 1. The van der Waals surface area contributed by atoms with Crippen LogP contribution in [-0.4, -0.2) is 69.2 Å². The van der Waals surface area contributed by atoms with E-state index in [1.54, 1.807) is 7.11 Å². The van der Waals surface area contributed by atoms with Gasteiger partial charge in [0, 0.05) is 20.2 Å².